The molecule has 0 fully saturated rings. The van der Waals surface area contributed by atoms with Gasteiger partial charge in [-0.2, -0.15) is 15.1 Å². The third kappa shape index (κ3) is 3.64. The van der Waals surface area contributed by atoms with Crippen LogP contribution in [-0.2, 0) is 10.5 Å². The summed E-state index contributed by atoms with van der Waals surface area (Å²) in [5.74, 6) is 1.46. The Kier molecular flexibility index (Phi) is 4.89. The van der Waals surface area contributed by atoms with E-state index >= 15 is 0 Å². The molecule has 7 nitrogen and oxygen atoms in total. The summed E-state index contributed by atoms with van der Waals surface area (Å²) in [5.41, 5.74) is 1.05. The molecule has 30 heavy (non-hydrogen) atoms. The van der Waals surface area contributed by atoms with Crippen LogP contribution in [0.2, 0.25) is 0 Å². The Morgan fingerprint density at radius 2 is 2.00 bits per heavy atom. The van der Waals surface area contributed by atoms with E-state index in [-0.39, 0.29) is 11.4 Å². The van der Waals surface area contributed by atoms with Crippen LogP contribution in [0.25, 0.3) is 6.08 Å². The highest BCUT2D eigenvalue weighted by Crippen LogP contribution is 2.31. The van der Waals surface area contributed by atoms with Gasteiger partial charge in [0.05, 0.1) is 17.6 Å². The molecule has 2 aliphatic heterocycles. The maximum absolute atomic E-state index is 12.5. The fourth-order valence-electron chi connectivity index (χ4n) is 2.86. The van der Waals surface area contributed by atoms with Crippen molar-refractivity contribution in [2.75, 3.05) is 0 Å². The van der Waals surface area contributed by atoms with Gasteiger partial charge in [0, 0.05) is 5.56 Å². The summed E-state index contributed by atoms with van der Waals surface area (Å²) in [7, 11) is 0. The first-order valence-electron chi connectivity index (χ1n) is 8.98. The molecule has 5 rings (SSSR count). The first-order chi connectivity index (χ1) is 14.7. The van der Waals surface area contributed by atoms with Crippen molar-refractivity contribution in [1.82, 2.24) is 5.01 Å². The molecule has 2 aliphatic rings. The molecular formula is C21H14N4O3S2. The Morgan fingerprint density at radius 1 is 1.13 bits per heavy atom. The van der Waals surface area contributed by atoms with E-state index in [4.69, 9.17) is 14.2 Å². The number of aliphatic imine (C=N–C) groups is 1. The minimum atomic E-state index is -0.482. The Balaban J connectivity index is 1.36. The van der Waals surface area contributed by atoms with Crippen LogP contribution >= 0.6 is 23.5 Å². The average molecular weight is 435 g/mol. The Labute approximate surface area is 180 Å². The largest absolute Gasteiger partial charge is 0.468 e. The molecule has 1 aromatic carbocycles. The molecule has 2 aromatic heterocycles. The van der Waals surface area contributed by atoms with Gasteiger partial charge in [0.25, 0.3) is 5.91 Å². The van der Waals surface area contributed by atoms with Crippen molar-refractivity contribution < 1.29 is 13.6 Å². The molecule has 0 radical (unpaired) electrons. The fourth-order valence-corrected chi connectivity index (χ4v) is 4.52. The highest BCUT2D eigenvalue weighted by Gasteiger charge is 2.36. The zero-order chi connectivity index (χ0) is 20.5. The standard InChI is InChI=1S/C21H14N4O3S2/c22-18-16(11-14-8-9-17(28-14)29-12-15-7-4-10-27-15)19(26)23-21-25(18)24-20(30-21)13-5-2-1-3-6-13/h1-11,22H,12H2/b16-11+,22-18?. The summed E-state index contributed by atoms with van der Waals surface area (Å²) in [6.07, 6.45) is 3.16. The zero-order valence-corrected chi connectivity index (χ0v) is 17.1. The van der Waals surface area contributed by atoms with Crippen LogP contribution in [0.15, 0.2) is 90.5 Å². The van der Waals surface area contributed by atoms with E-state index in [2.05, 4.69) is 10.1 Å². The third-order valence-electron chi connectivity index (χ3n) is 4.30. The van der Waals surface area contributed by atoms with Gasteiger partial charge in [-0.25, -0.2) is 0 Å². The van der Waals surface area contributed by atoms with Gasteiger partial charge in [0.2, 0.25) is 5.17 Å². The second kappa shape index (κ2) is 7.85. The lowest BCUT2D eigenvalue weighted by atomic mass is 10.1. The van der Waals surface area contributed by atoms with Crippen molar-refractivity contribution in [1.29, 1.82) is 5.41 Å². The van der Waals surface area contributed by atoms with Crippen molar-refractivity contribution >= 4 is 51.6 Å². The van der Waals surface area contributed by atoms with Crippen molar-refractivity contribution in [3.05, 3.63) is 83.5 Å². The average Bonchev–Trinajstić information content (AvgIpc) is 3.51. The summed E-state index contributed by atoms with van der Waals surface area (Å²) in [4.78, 5) is 16.6. The number of hydrogen-bond donors (Lipinski definition) is 1. The van der Waals surface area contributed by atoms with Crippen LogP contribution in [0.1, 0.15) is 17.1 Å². The van der Waals surface area contributed by atoms with E-state index in [0.717, 1.165) is 11.3 Å². The van der Waals surface area contributed by atoms with Crippen LogP contribution in [0, 0.1) is 5.41 Å². The topological polar surface area (TPSA) is 95.2 Å². The van der Waals surface area contributed by atoms with Gasteiger partial charge in [-0.1, -0.05) is 42.1 Å². The van der Waals surface area contributed by atoms with Gasteiger partial charge >= 0.3 is 0 Å². The molecule has 0 saturated heterocycles. The number of rotatable bonds is 5. The van der Waals surface area contributed by atoms with Gasteiger partial charge in [0.1, 0.15) is 16.6 Å². The third-order valence-corrected chi connectivity index (χ3v) is 6.19. The molecule has 3 aromatic rings. The highest BCUT2D eigenvalue weighted by molar-refractivity contribution is 8.27. The van der Waals surface area contributed by atoms with Crippen LogP contribution in [0.3, 0.4) is 0 Å². The van der Waals surface area contributed by atoms with Gasteiger partial charge in [0.15, 0.2) is 10.9 Å². The molecule has 0 spiro atoms. The summed E-state index contributed by atoms with van der Waals surface area (Å²) >= 11 is 2.76. The number of hydrazone groups is 1. The molecule has 4 heterocycles. The van der Waals surface area contributed by atoms with Crippen LogP contribution < -0.4 is 0 Å². The second-order valence-corrected chi connectivity index (χ2v) is 8.25. The smallest absolute Gasteiger partial charge is 0.283 e. The molecule has 0 bridgehead atoms. The number of carbonyl (C=O) groups excluding carboxylic acids is 1. The Bertz CT molecular complexity index is 1210. The van der Waals surface area contributed by atoms with Crippen LogP contribution in [0.4, 0.5) is 0 Å². The molecule has 0 unspecified atom stereocenters. The monoisotopic (exact) mass is 434 g/mol. The maximum Gasteiger partial charge on any atom is 0.283 e. The lowest BCUT2D eigenvalue weighted by molar-refractivity contribution is -0.114. The number of furan rings is 2. The number of carbonyl (C=O) groups is 1. The first kappa shape index (κ1) is 18.7. The van der Waals surface area contributed by atoms with Gasteiger partial charge in [-0.05, 0) is 42.1 Å². The quantitative estimate of drug-likeness (QED) is 0.456. The maximum atomic E-state index is 12.5. The first-order valence-corrected chi connectivity index (χ1v) is 10.8. The minimum Gasteiger partial charge on any atom is -0.468 e. The van der Waals surface area contributed by atoms with E-state index < -0.39 is 5.91 Å². The number of fused-ring (bicyclic) bond motifs is 1. The van der Waals surface area contributed by atoms with Crippen molar-refractivity contribution in [2.24, 2.45) is 10.1 Å². The number of amides is 1. The molecule has 0 aliphatic carbocycles. The predicted molar refractivity (Wildman–Crippen MR) is 118 cm³/mol. The van der Waals surface area contributed by atoms with Crippen molar-refractivity contribution in [3.63, 3.8) is 0 Å². The van der Waals surface area contributed by atoms with Gasteiger partial charge in [-0.3, -0.25) is 10.2 Å². The van der Waals surface area contributed by atoms with E-state index in [9.17, 15) is 4.79 Å². The van der Waals surface area contributed by atoms with Crippen LogP contribution in [0.5, 0.6) is 0 Å². The van der Waals surface area contributed by atoms with Gasteiger partial charge in [-0.15, -0.1) is 0 Å². The SMILES string of the molecule is N=C1/C(=C\c2ccc(SCc3ccco3)o2)C(=O)N=C2SC(c3ccccc3)=NN12. The number of benzene rings is 1. The Hall–Kier alpha value is -3.30. The number of thioether (sulfide) groups is 2. The molecular weight excluding hydrogens is 420 g/mol. The molecule has 0 atom stereocenters. The van der Waals surface area contributed by atoms with E-state index in [1.165, 1.54) is 34.6 Å². The Morgan fingerprint density at radius 3 is 2.80 bits per heavy atom. The summed E-state index contributed by atoms with van der Waals surface area (Å²) in [6, 6.07) is 16.9. The van der Waals surface area contributed by atoms with Crippen molar-refractivity contribution in [2.45, 2.75) is 10.8 Å². The molecule has 0 saturated carbocycles. The number of nitrogens with one attached hydrogen (secondary N) is 1. The molecule has 1 N–H and O–H groups in total. The van der Waals surface area contributed by atoms with Gasteiger partial charge < -0.3 is 8.83 Å². The number of nitrogens with zero attached hydrogens (tertiary/aromatic N) is 3. The van der Waals surface area contributed by atoms with E-state index in [1.807, 2.05) is 48.5 Å². The molecule has 1 amide bonds. The fraction of sp³-hybridized carbons (Fsp3) is 0.0476. The lowest BCUT2D eigenvalue weighted by Crippen LogP contribution is -2.35. The number of amidine groups is 2. The second-order valence-electron chi connectivity index (χ2n) is 6.32. The normalized spacial score (nSPS) is 17.3. The predicted octanol–water partition coefficient (Wildman–Crippen LogP) is 4.83. The summed E-state index contributed by atoms with van der Waals surface area (Å²) in [5, 5.41) is 16.1. The van der Waals surface area contributed by atoms with E-state index in [1.54, 1.807) is 12.3 Å². The number of hydrogen-bond acceptors (Lipinski definition) is 7. The lowest BCUT2D eigenvalue weighted by Gasteiger charge is -2.19. The summed E-state index contributed by atoms with van der Waals surface area (Å²) < 4.78 is 11.1. The van der Waals surface area contributed by atoms with Crippen LogP contribution in [-0.4, -0.2) is 27.0 Å². The highest BCUT2D eigenvalue weighted by atomic mass is 32.2. The minimum absolute atomic E-state index is 0.0235. The zero-order valence-electron chi connectivity index (χ0n) is 15.4. The van der Waals surface area contributed by atoms with Crippen molar-refractivity contribution in [3.8, 4) is 0 Å². The molecule has 9 heteroatoms. The summed E-state index contributed by atoms with van der Waals surface area (Å²) in [6.45, 7) is 0. The molecule has 148 valence electrons. The van der Waals surface area contributed by atoms with E-state index in [0.29, 0.717) is 26.8 Å².